The lowest BCUT2D eigenvalue weighted by Gasteiger charge is -2.38. The molecule has 3 rings (SSSR count). The van der Waals surface area contributed by atoms with Gasteiger partial charge in [0, 0.05) is 29.2 Å². The van der Waals surface area contributed by atoms with E-state index in [-0.39, 0.29) is 37.0 Å². The van der Waals surface area contributed by atoms with Crippen LogP contribution in [-0.2, 0) is 20.7 Å². The molecule has 2 heterocycles. The van der Waals surface area contributed by atoms with Crippen molar-refractivity contribution in [1.29, 1.82) is 0 Å². The third-order valence-corrected chi connectivity index (χ3v) is 4.85. The zero-order chi connectivity index (χ0) is 17.1. The Bertz CT molecular complexity index is 727. The first kappa shape index (κ1) is 16.6. The number of rotatable bonds is 4. The van der Waals surface area contributed by atoms with Gasteiger partial charge in [-0.25, -0.2) is 0 Å². The number of hydrogen-bond acceptors (Lipinski definition) is 3. The number of para-hydroxylation sites is 1. The molecular formula is C19H24N2O3. The molecule has 0 saturated carbocycles. The maximum Gasteiger partial charge on any atom is 0.310 e. The van der Waals surface area contributed by atoms with Crippen molar-refractivity contribution in [1.82, 2.24) is 9.88 Å². The number of ether oxygens (including phenoxy) is 1. The summed E-state index contributed by atoms with van der Waals surface area (Å²) in [6, 6.07) is 8.25. The van der Waals surface area contributed by atoms with Gasteiger partial charge in [-0.05, 0) is 44.7 Å². The molecule has 0 unspecified atom stereocenters. The van der Waals surface area contributed by atoms with Crippen molar-refractivity contribution in [2.24, 2.45) is 0 Å². The summed E-state index contributed by atoms with van der Waals surface area (Å²) >= 11 is 0. The lowest BCUT2D eigenvalue weighted by Crippen LogP contribution is -2.49. The molecule has 128 valence electrons. The molecule has 1 fully saturated rings. The molecule has 0 radical (unpaired) electrons. The van der Waals surface area contributed by atoms with E-state index in [4.69, 9.17) is 4.74 Å². The Morgan fingerprint density at radius 2 is 1.92 bits per heavy atom. The summed E-state index contributed by atoms with van der Waals surface area (Å²) < 4.78 is 5.23. The summed E-state index contributed by atoms with van der Waals surface area (Å²) in [5.41, 5.74) is 1.88. The Morgan fingerprint density at radius 1 is 1.21 bits per heavy atom. The normalized spacial score (nSPS) is 21.0. The van der Waals surface area contributed by atoms with Crippen LogP contribution >= 0.6 is 0 Å². The number of likely N-dealkylation sites (tertiary alicyclic amines) is 1. The van der Waals surface area contributed by atoms with E-state index >= 15 is 0 Å². The van der Waals surface area contributed by atoms with Gasteiger partial charge in [-0.2, -0.15) is 0 Å². The van der Waals surface area contributed by atoms with Gasteiger partial charge in [0.2, 0.25) is 0 Å². The standard InChI is InChI=1S/C19H24N2O3/c1-13-6-5-7-14(2)21(13)18(22)12-24-19(23)10-15-11-20-17-9-4-3-8-16(15)17/h3-4,8-9,11,13-14,20H,5-7,10,12H2,1-2H3/t13-,14+. The molecule has 0 spiro atoms. The Labute approximate surface area is 142 Å². The van der Waals surface area contributed by atoms with Crippen molar-refractivity contribution >= 4 is 22.8 Å². The predicted molar refractivity (Wildman–Crippen MR) is 92.6 cm³/mol. The molecule has 1 N–H and O–H groups in total. The van der Waals surface area contributed by atoms with E-state index in [1.165, 1.54) is 0 Å². The highest BCUT2D eigenvalue weighted by Gasteiger charge is 2.29. The predicted octanol–water partition coefficient (Wildman–Crippen LogP) is 3.04. The Morgan fingerprint density at radius 3 is 2.67 bits per heavy atom. The Kier molecular flexibility index (Phi) is 4.88. The van der Waals surface area contributed by atoms with Crippen LogP contribution in [0.15, 0.2) is 30.5 Å². The smallest absolute Gasteiger partial charge is 0.310 e. The molecule has 0 bridgehead atoms. The van der Waals surface area contributed by atoms with Crippen LogP contribution in [0, 0.1) is 0 Å². The zero-order valence-corrected chi connectivity index (χ0v) is 14.2. The molecule has 1 aliphatic heterocycles. The molecule has 1 aromatic carbocycles. The number of nitrogens with zero attached hydrogens (tertiary/aromatic N) is 1. The van der Waals surface area contributed by atoms with Gasteiger partial charge in [0.1, 0.15) is 0 Å². The minimum absolute atomic E-state index is 0.0954. The van der Waals surface area contributed by atoms with E-state index in [2.05, 4.69) is 18.8 Å². The number of H-pyrrole nitrogens is 1. The van der Waals surface area contributed by atoms with Gasteiger partial charge in [0.15, 0.2) is 6.61 Å². The second-order valence-corrected chi connectivity index (χ2v) is 6.63. The minimum Gasteiger partial charge on any atom is -0.455 e. The maximum absolute atomic E-state index is 12.4. The van der Waals surface area contributed by atoms with Crippen LogP contribution in [0.4, 0.5) is 0 Å². The maximum atomic E-state index is 12.4. The monoisotopic (exact) mass is 328 g/mol. The summed E-state index contributed by atoms with van der Waals surface area (Å²) in [4.78, 5) is 29.5. The molecule has 24 heavy (non-hydrogen) atoms. The lowest BCUT2D eigenvalue weighted by atomic mass is 9.97. The number of fused-ring (bicyclic) bond motifs is 1. The summed E-state index contributed by atoms with van der Waals surface area (Å²) in [5.74, 6) is -0.465. The van der Waals surface area contributed by atoms with Crippen molar-refractivity contribution < 1.29 is 14.3 Å². The van der Waals surface area contributed by atoms with Gasteiger partial charge < -0.3 is 14.6 Å². The fraction of sp³-hybridized carbons (Fsp3) is 0.474. The zero-order valence-electron chi connectivity index (χ0n) is 14.2. The molecule has 1 aliphatic rings. The molecule has 2 atom stereocenters. The number of carbonyl (C=O) groups is 2. The third kappa shape index (κ3) is 3.45. The van der Waals surface area contributed by atoms with Crippen LogP contribution < -0.4 is 0 Å². The second kappa shape index (κ2) is 7.07. The first-order valence-electron chi connectivity index (χ1n) is 8.58. The molecule has 5 heteroatoms. The van der Waals surface area contributed by atoms with Crippen LogP contribution in [-0.4, -0.2) is 40.5 Å². The fourth-order valence-electron chi connectivity index (χ4n) is 3.61. The summed E-state index contributed by atoms with van der Waals surface area (Å²) in [7, 11) is 0. The highest BCUT2D eigenvalue weighted by atomic mass is 16.5. The van der Waals surface area contributed by atoms with Crippen molar-refractivity contribution in [3.8, 4) is 0 Å². The van der Waals surface area contributed by atoms with Gasteiger partial charge in [-0.3, -0.25) is 9.59 Å². The average molecular weight is 328 g/mol. The quantitative estimate of drug-likeness (QED) is 0.878. The molecule has 2 aromatic rings. The SMILES string of the molecule is C[C@@H]1CCC[C@H](C)N1C(=O)COC(=O)Cc1c[nH]c2ccccc12. The van der Waals surface area contributed by atoms with Crippen molar-refractivity contribution in [2.45, 2.75) is 51.6 Å². The highest BCUT2D eigenvalue weighted by molar-refractivity contribution is 5.88. The first-order valence-corrected chi connectivity index (χ1v) is 8.58. The van der Waals surface area contributed by atoms with Crippen LogP contribution in [0.3, 0.4) is 0 Å². The topological polar surface area (TPSA) is 62.4 Å². The number of esters is 1. The number of benzene rings is 1. The summed E-state index contributed by atoms with van der Waals surface area (Å²) in [6.45, 7) is 3.94. The average Bonchev–Trinajstić information content (AvgIpc) is 2.96. The van der Waals surface area contributed by atoms with E-state index in [0.717, 1.165) is 35.7 Å². The minimum atomic E-state index is -0.370. The number of piperidine rings is 1. The largest absolute Gasteiger partial charge is 0.455 e. The van der Waals surface area contributed by atoms with E-state index in [1.807, 2.05) is 35.4 Å². The number of nitrogens with one attached hydrogen (secondary N) is 1. The number of carbonyl (C=O) groups excluding carboxylic acids is 2. The fourth-order valence-corrected chi connectivity index (χ4v) is 3.61. The van der Waals surface area contributed by atoms with E-state index in [1.54, 1.807) is 0 Å². The van der Waals surface area contributed by atoms with Gasteiger partial charge in [-0.1, -0.05) is 18.2 Å². The van der Waals surface area contributed by atoms with E-state index < -0.39 is 0 Å². The number of aromatic nitrogens is 1. The highest BCUT2D eigenvalue weighted by Crippen LogP contribution is 2.22. The van der Waals surface area contributed by atoms with Crippen molar-refractivity contribution in [3.63, 3.8) is 0 Å². The lowest BCUT2D eigenvalue weighted by molar-refractivity contribution is -0.154. The Balaban J connectivity index is 1.56. The van der Waals surface area contributed by atoms with Crippen LogP contribution in [0.2, 0.25) is 0 Å². The summed E-state index contributed by atoms with van der Waals surface area (Å²) in [6.07, 6.45) is 5.16. The first-order chi connectivity index (χ1) is 11.6. The molecule has 1 saturated heterocycles. The number of hydrogen-bond donors (Lipinski definition) is 1. The number of amides is 1. The van der Waals surface area contributed by atoms with Crippen LogP contribution in [0.5, 0.6) is 0 Å². The molecule has 5 nitrogen and oxygen atoms in total. The van der Waals surface area contributed by atoms with E-state index in [0.29, 0.717) is 0 Å². The van der Waals surface area contributed by atoms with Gasteiger partial charge in [0.25, 0.3) is 5.91 Å². The molecule has 0 aliphatic carbocycles. The molecule has 1 aromatic heterocycles. The summed E-state index contributed by atoms with van der Waals surface area (Å²) in [5, 5.41) is 1.01. The van der Waals surface area contributed by atoms with Gasteiger partial charge in [0.05, 0.1) is 6.42 Å². The van der Waals surface area contributed by atoms with Crippen LogP contribution in [0.25, 0.3) is 10.9 Å². The van der Waals surface area contributed by atoms with Crippen molar-refractivity contribution in [2.75, 3.05) is 6.61 Å². The molecule has 1 amide bonds. The number of aromatic amines is 1. The molecular weight excluding hydrogens is 304 g/mol. The van der Waals surface area contributed by atoms with E-state index in [9.17, 15) is 9.59 Å². The second-order valence-electron chi connectivity index (χ2n) is 6.63. The van der Waals surface area contributed by atoms with Crippen LogP contribution in [0.1, 0.15) is 38.7 Å². The van der Waals surface area contributed by atoms with Gasteiger partial charge >= 0.3 is 5.97 Å². The third-order valence-electron chi connectivity index (χ3n) is 4.85. The Hall–Kier alpha value is -2.30. The van der Waals surface area contributed by atoms with Crippen molar-refractivity contribution in [3.05, 3.63) is 36.0 Å². The van der Waals surface area contributed by atoms with Gasteiger partial charge in [-0.15, -0.1) is 0 Å².